The second kappa shape index (κ2) is 5.55. The van der Waals surface area contributed by atoms with Crippen molar-refractivity contribution in [3.8, 4) is 0 Å². The number of aryl methyl sites for hydroxylation is 1. The number of hydrogen-bond acceptors (Lipinski definition) is 3. The topological polar surface area (TPSA) is 59.1 Å². The van der Waals surface area contributed by atoms with Crippen molar-refractivity contribution < 1.29 is 9.50 Å². The molecule has 0 bridgehead atoms. The molecule has 0 spiro atoms. The van der Waals surface area contributed by atoms with Gasteiger partial charge in [-0.2, -0.15) is 0 Å². The van der Waals surface area contributed by atoms with E-state index < -0.39 is 11.9 Å². The first-order valence-corrected chi connectivity index (χ1v) is 6.20. The zero-order chi connectivity index (χ0) is 14.0. The van der Waals surface area contributed by atoms with E-state index in [-0.39, 0.29) is 6.42 Å². The van der Waals surface area contributed by atoms with E-state index in [0.29, 0.717) is 22.0 Å². The Morgan fingerprint density at radius 1 is 1.42 bits per heavy atom. The molecule has 0 fully saturated rings. The van der Waals surface area contributed by atoms with Gasteiger partial charge in [0.05, 0.1) is 6.10 Å². The number of nitrogen functional groups attached to an aromatic ring is 1. The molecule has 2 rings (SSSR count). The number of hydrogen-bond donors (Lipinski definition) is 2. The van der Waals surface area contributed by atoms with E-state index in [9.17, 15) is 9.50 Å². The fourth-order valence-corrected chi connectivity index (χ4v) is 2.27. The van der Waals surface area contributed by atoms with E-state index >= 15 is 0 Å². The van der Waals surface area contributed by atoms with Gasteiger partial charge in [-0.05, 0) is 36.2 Å². The van der Waals surface area contributed by atoms with Crippen LogP contribution in [0.15, 0.2) is 30.5 Å². The van der Waals surface area contributed by atoms with Gasteiger partial charge in [0.25, 0.3) is 0 Å². The van der Waals surface area contributed by atoms with Crippen molar-refractivity contribution in [2.45, 2.75) is 19.4 Å². The number of rotatable bonds is 3. The van der Waals surface area contributed by atoms with Crippen LogP contribution in [0, 0.1) is 12.7 Å². The predicted octanol–water partition coefficient (Wildman–Crippen LogP) is 3.04. The summed E-state index contributed by atoms with van der Waals surface area (Å²) in [6.45, 7) is 1.85. The number of halogens is 2. The first-order chi connectivity index (χ1) is 8.99. The van der Waals surface area contributed by atoms with Crippen LogP contribution in [0.2, 0.25) is 5.02 Å². The molecular weight excluding hydrogens is 267 g/mol. The van der Waals surface area contributed by atoms with Crippen molar-refractivity contribution in [2.24, 2.45) is 0 Å². The van der Waals surface area contributed by atoms with E-state index in [1.807, 2.05) is 6.92 Å². The van der Waals surface area contributed by atoms with Gasteiger partial charge in [0.1, 0.15) is 11.6 Å². The van der Waals surface area contributed by atoms with Gasteiger partial charge in [-0.3, -0.25) is 0 Å². The van der Waals surface area contributed by atoms with Gasteiger partial charge in [-0.1, -0.05) is 17.7 Å². The average molecular weight is 281 g/mol. The van der Waals surface area contributed by atoms with E-state index in [4.69, 9.17) is 17.3 Å². The molecule has 0 aliphatic carbocycles. The lowest BCUT2D eigenvalue weighted by molar-refractivity contribution is 0.178. The molecule has 3 N–H and O–H groups in total. The maximum absolute atomic E-state index is 13.0. The van der Waals surface area contributed by atoms with E-state index in [1.54, 1.807) is 18.3 Å². The summed E-state index contributed by atoms with van der Waals surface area (Å²) < 4.78 is 13.0. The molecule has 0 aliphatic rings. The lowest BCUT2D eigenvalue weighted by Gasteiger charge is -2.16. The maximum atomic E-state index is 13.0. The van der Waals surface area contributed by atoms with Gasteiger partial charge in [0.15, 0.2) is 0 Å². The second-order valence-corrected chi connectivity index (χ2v) is 4.79. The Balaban J connectivity index is 2.28. The summed E-state index contributed by atoms with van der Waals surface area (Å²) in [7, 11) is 0. The predicted molar refractivity (Wildman–Crippen MR) is 73.5 cm³/mol. The SMILES string of the molecule is Cc1ccnc(N)c1C(O)Cc1ccc(F)cc1Cl. The molecule has 3 nitrogen and oxygen atoms in total. The van der Waals surface area contributed by atoms with Crippen molar-refractivity contribution in [2.75, 3.05) is 5.73 Å². The van der Waals surface area contributed by atoms with Crippen molar-refractivity contribution >= 4 is 17.4 Å². The van der Waals surface area contributed by atoms with Crippen LogP contribution in [0.1, 0.15) is 22.8 Å². The van der Waals surface area contributed by atoms with Gasteiger partial charge in [0, 0.05) is 23.2 Å². The monoisotopic (exact) mass is 280 g/mol. The molecule has 0 saturated carbocycles. The Hall–Kier alpha value is -1.65. The molecule has 0 amide bonds. The third-order valence-corrected chi connectivity index (χ3v) is 3.35. The Labute approximate surface area is 115 Å². The molecule has 0 aliphatic heterocycles. The lowest BCUT2D eigenvalue weighted by atomic mass is 9.98. The highest BCUT2D eigenvalue weighted by molar-refractivity contribution is 6.31. The van der Waals surface area contributed by atoms with Crippen LogP contribution in [0.25, 0.3) is 0 Å². The summed E-state index contributed by atoms with van der Waals surface area (Å²) in [6, 6.07) is 5.88. The van der Waals surface area contributed by atoms with Crippen LogP contribution in [0.4, 0.5) is 10.2 Å². The molecule has 5 heteroatoms. The molecule has 1 aromatic heterocycles. The number of pyridine rings is 1. The zero-order valence-corrected chi connectivity index (χ0v) is 11.2. The van der Waals surface area contributed by atoms with Gasteiger partial charge in [-0.15, -0.1) is 0 Å². The smallest absolute Gasteiger partial charge is 0.129 e. The number of aromatic nitrogens is 1. The van der Waals surface area contributed by atoms with E-state index in [2.05, 4.69) is 4.98 Å². The number of benzene rings is 1. The zero-order valence-electron chi connectivity index (χ0n) is 10.4. The summed E-state index contributed by atoms with van der Waals surface area (Å²) in [5.41, 5.74) is 7.88. The van der Waals surface area contributed by atoms with Gasteiger partial charge < -0.3 is 10.8 Å². The third-order valence-electron chi connectivity index (χ3n) is 3.00. The Bertz CT molecular complexity index is 584. The molecule has 2 aromatic rings. The standard InChI is InChI=1S/C14H14ClFN2O/c1-8-4-5-18-14(17)13(8)12(19)6-9-2-3-10(16)7-11(9)15/h2-5,7,12,19H,6H2,1H3,(H2,17,18). The van der Waals surface area contributed by atoms with Crippen molar-refractivity contribution in [1.82, 2.24) is 4.98 Å². The third kappa shape index (κ3) is 3.03. The molecule has 0 saturated heterocycles. The van der Waals surface area contributed by atoms with E-state index in [0.717, 1.165) is 5.56 Å². The molecule has 1 aromatic carbocycles. The average Bonchev–Trinajstić information content (AvgIpc) is 2.32. The first kappa shape index (κ1) is 13.8. The van der Waals surface area contributed by atoms with Crippen LogP contribution < -0.4 is 5.73 Å². The Morgan fingerprint density at radius 3 is 2.79 bits per heavy atom. The molecule has 1 unspecified atom stereocenters. The van der Waals surface area contributed by atoms with Gasteiger partial charge in [0.2, 0.25) is 0 Å². The normalized spacial score (nSPS) is 12.4. The fourth-order valence-electron chi connectivity index (χ4n) is 2.02. The summed E-state index contributed by atoms with van der Waals surface area (Å²) in [5, 5.41) is 10.5. The van der Waals surface area contributed by atoms with Crippen LogP contribution >= 0.6 is 11.6 Å². The fraction of sp³-hybridized carbons (Fsp3) is 0.214. The van der Waals surface area contributed by atoms with Crippen molar-refractivity contribution in [1.29, 1.82) is 0 Å². The maximum Gasteiger partial charge on any atom is 0.129 e. The number of anilines is 1. The highest BCUT2D eigenvalue weighted by Gasteiger charge is 2.16. The first-order valence-electron chi connectivity index (χ1n) is 5.82. The van der Waals surface area contributed by atoms with Crippen LogP contribution in [0.3, 0.4) is 0 Å². The molecular formula is C14H14ClFN2O. The minimum Gasteiger partial charge on any atom is -0.388 e. The summed E-state index contributed by atoms with van der Waals surface area (Å²) in [6.07, 6.45) is 1.03. The van der Waals surface area contributed by atoms with Crippen LogP contribution in [0.5, 0.6) is 0 Å². The van der Waals surface area contributed by atoms with Crippen LogP contribution in [-0.4, -0.2) is 10.1 Å². The minimum absolute atomic E-state index is 0.260. The molecule has 100 valence electrons. The molecule has 19 heavy (non-hydrogen) atoms. The largest absolute Gasteiger partial charge is 0.388 e. The molecule has 0 radical (unpaired) electrons. The highest BCUT2D eigenvalue weighted by atomic mass is 35.5. The number of aliphatic hydroxyl groups is 1. The number of aliphatic hydroxyl groups excluding tert-OH is 1. The second-order valence-electron chi connectivity index (χ2n) is 4.38. The Kier molecular flexibility index (Phi) is 4.02. The molecule has 1 heterocycles. The van der Waals surface area contributed by atoms with Crippen LogP contribution in [-0.2, 0) is 6.42 Å². The summed E-state index contributed by atoms with van der Waals surface area (Å²) in [4.78, 5) is 3.96. The van der Waals surface area contributed by atoms with Crippen molar-refractivity contribution in [3.63, 3.8) is 0 Å². The Morgan fingerprint density at radius 2 is 2.16 bits per heavy atom. The summed E-state index contributed by atoms with van der Waals surface area (Å²) in [5.74, 6) is -0.106. The van der Waals surface area contributed by atoms with Gasteiger partial charge >= 0.3 is 0 Å². The highest BCUT2D eigenvalue weighted by Crippen LogP contribution is 2.28. The molecule has 1 atom stereocenters. The minimum atomic E-state index is -0.823. The van der Waals surface area contributed by atoms with E-state index in [1.165, 1.54) is 12.1 Å². The number of nitrogens with two attached hydrogens (primary N) is 1. The number of nitrogens with zero attached hydrogens (tertiary/aromatic N) is 1. The lowest BCUT2D eigenvalue weighted by Crippen LogP contribution is -2.09. The van der Waals surface area contributed by atoms with Crippen molar-refractivity contribution in [3.05, 3.63) is 58.0 Å². The summed E-state index contributed by atoms with van der Waals surface area (Å²) >= 11 is 5.94. The van der Waals surface area contributed by atoms with Gasteiger partial charge in [-0.25, -0.2) is 9.37 Å². The quantitative estimate of drug-likeness (QED) is 0.908.